The molecule has 0 saturated heterocycles. The van der Waals surface area contributed by atoms with E-state index in [1.165, 1.54) is 49.2 Å². The molecular formula is C19H24N2O3S2. The van der Waals surface area contributed by atoms with Crippen molar-refractivity contribution < 1.29 is 13.2 Å². The second-order valence-corrected chi connectivity index (χ2v) is 9.43. The van der Waals surface area contributed by atoms with Crippen molar-refractivity contribution in [1.29, 1.82) is 0 Å². The van der Waals surface area contributed by atoms with Gasteiger partial charge >= 0.3 is 0 Å². The molecule has 7 heteroatoms. The summed E-state index contributed by atoms with van der Waals surface area (Å²) in [4.78, 5) is 13.4. The van der Waals surface area contributed by atoms with Gasteiger partial charge in [0.25, 0.3) is 5.91 Å². The quantitative estimate of drug-likeness (QED) is 0.721. The van der Waals surface area contributed by atoms with E-state index in [1.54, 1.807) is 12.1 Å². The lowest BCUT2D eigenvalue weighted by Crippen LogP contribution is -2.27. The van der Waals surface area contributed by atoms with Crippen LogP contribution in [0, 0.1) is 5.92 Å². The number of amides is 1. The SMILES string of the molecule is O=C(NCCC1CCCC1)c1cccc(S(=O)(=O)NCc2cccs2)c1. The maximum atomic E-state index is 12.5. The molecule has 26 heavy (non-hydrogen) atoms. The second kappa shape index (κ2) is 8.79. The first-order valence-electron chi connectivity index (χ1n) is 8.95. The van der Waals surface area contributed by atoms with Gasteiger partial charge in [0.15, 0.2) is 0 Å². The first kappa shape index (κ1) is 19.1. The highest BCUT2D eigenvalue weighted by Crippen LogP contribution is 2.26. The molecule has 5 nitrogen and oxygen atoms in total. The highest BCUT2D eigenvalue weighted by molar-refractivity contribution is 7.89. The maximum absolute atomic E-state index is 12.5. The zero-order valence-electron chi connectivity index (χ0n) is 14.6. The van der Waals surface area contributed by atoms with Gasteiger partial charge in [0.1, 0.15) is 0 Å². The topological polar surface area (TPSA) is 75.3 Å². The zero-order valence-corrected chi connectivity index (χ0v) is 16.2. The van der Waals surface area contributed by atoms with Gasteiger partial charge in [-0.05, 0) is 42.0 Å². The maximum Gasteiger partial charge on any atom is 0.251 e. The minimum absolute atomic E-state index is 0.109. The molecule has 1 aromatic heterocycles. The van der Waals surface area contributed by atoms with Gasteiger partial charge in [-0.25, -0.2) is 13.1 Å². The molecule has 1 aromatic carbocycles. The van der Waals surface area contributed by atoms with Gasteiger partial charge in [-0.15, -0.1) is 11.3 Å². The molecule has 0 aliphatic heterocycles. The molecule has 3 rings (SSSR count). The highest BCUT2D eigenvalue weighted by Gasteiger charge is 2.17. The predicted octanol–water partition coefficient (Wildman–Crippen LogP) is 3.54. The number of thiophene rings is 1. The summed E-state index contributed by atoms with van der Waals surface area (Å²) in [5.41, 5.74) is 0.371. The van der Waals surface area contributed by atoms with Gasteiger partial charge in [0.2, 0.25) is 10.0 Å². The van der Waals surface area contributed by atoms with Crippen molar-refractivity contribution in [2.45, 2.75) is 43.5 Å². The second-order valence-electron chi connectivity index (χ2n) is 6.63. The number of nitrogens with one attached hydrogen (secondary N) is 2. The Morgan fingerprint density at radius 2 is 1.96 bits per heavy atom. The van der Waals surface area contributed by atoms with Crippen LogP contribution in [-0.4, -0.2) is 20.9 Å². The van der Waals surface area contributed by atoms with Crippen molar-refractivity contribution in [2.24, 2.45) is 5.92 Å². The first-order valence-corrected chi connectivity index (χ1v) is 11.3. The molecule has 0 radical (unpaired) electrons. The van der Waals surface area contributed by atoms with Gasteiger partial charge in [-0.1, -0.05) is 37.8 Å². The van der Waals surface area contributed by atoms with Crippen LogP contribution < -0.4 is 10.0 Å². The largest absolute Gasteiger partial charge is 0.352 e. The molecule has 1 aliphatic rings. The monoisotopic (exact) mass is 392 g/mol. The van der Waals surface area contributed by atoms with Gasteiger partial charge in [0.05, 0.1) is 4.90 Å². The summed E-state index contributed by atoms with van der Waals surface area (Å²) in [6.07, 6.45) is 6.07. The first-order chi connectivity index (χ1) is 12.5. The Morgan fingerprint density at radius 1 is 1.15 bits per heavy atom. The Hall–Kier alpha value is -1.70. The van der Waals surface area contributed by atoms with Crippen LogP contribution >= 0.6 is 11.3 Å². The molecule has 2 aromatic rings. The van der Waals surface area contributed by atoms with Crippen LogP contribution in [0.15, 0.2) is 46.7 Å². The van der Waals surface area contributed by atoms with Crippen LogP contribution in [-0.2, 0) is 16.6 Å². The molecule has 0 spiro atoms. The molecule has 0 unspecified atom stereocenters. The Bertz CT molecular complexity index is 826. The van der Waals surface area contributed by atoms with Gasteiger partial charge < -0.3 is 5.32 Å². The Labute approximate surface area is 158 Å². The zero-order chi connectivity index (χ0) is 18.4. The smallest absolute Gasteiger partial charge is 0.251 e. The molecule has 1 amide bonds. The van der Waals surface area contributed by atoms with Crippen molar-refractivity contribution in [3.8, 4) is 0 Å². The van der Waals surface area contributed by atoms with E-state index in [1.807, 2.05) is 17.5 Å². The molecule has 0 atom stereocenters. The number of hydrogen-bond acceptors (Lipinski definition) is 4. The third-order valence-corrected chi connectivity index (χ3v) is 7.01. The number of carbonyl (C=O) groups is 1. The number of rotatable bonds is 8. The molecule has 1 saturated carbocycles. The highest BCUT2D eigenvalue weighted by atomic mass is 32.2. The predicted molar refractivity (Wildman–Crippen MR) is 104 cm³/mol. The van der Waals surface area contributed by atoms with Crippen LogP contribution in [0.3, 0.4) is 0 Å². The number of sulfonamides is 1. The van der Waals surface area contributed by atoms with Crippen LogP contribution in [0.4, 0.5) is 0 Å². The molecule has 140 valence electrons. The molecule has 2 N–H and O–H groups in total. The average molecular weight is 393 g/mol. The minimum atomic E-state index is -3.65. The van der Waals surface area contributed by atoms with E-state index in [9.17, 15) is 13.2 Å². The number of benzene rings is 1. The van der Waals surface area contributed by atoms with Crippen molar-refractivity contribution in [3.63, 3.8) is 0 Å². The standard InChI is InChI=1S/C19H24N2O3S2/c22-19(20-11-10-15-5-1-2-6-15)16-7-3-9-18(13-16)26(23,24)21-14-17-8-4-12-25-17/h3-4,7-9,12-13,15,21H,1-2,5-6,10-11,14H2,(H,20,22). The Balaban J connectivity index is 1.58. The van der Waals surface area contributed by atoms with E-state index in [0.717, 1.165) is 11.3 Å². The summed E-state index contributed by atoms with van der Waals surface area (Å²) < 4.78 is 27.5. The summed E-state index contributed by atoms with van der Waals surface area (Å²) in [7, 11) is -3.65. The van der Waals surface area contributed by atoms with Gasteiger partial charge in [-0.2, -0.15) is 0 Å². The lowest BCUT2D eigenvalue weighted by molar-refractivity contribution is 0.0951. The van der Waals surface area contributed by atoms with Crippen molar-refractivity contribution in [3.05, 3.63) is 52.2 Å². The summed E-state index contributed by atoms with van der Waals surface area (Å²) in [5, 5.41) is 4.81. The van der Waals surface area contributed by atoms with E-state index in [-0.39, 0.29) is 17.3 Å². The van der Waals surface area contributed by atoms with E-state index < -0.39 is 10.0 Å². The van der Waals surface area contributed by atoms with Crippen molar-refractivity contribution in [2.75, 3.05) is 6.54 Å². The fourth-order valence-electron chi connectivity index (χ4n) is 3.26. The van der Waals surface area contributed by atoms with E-state index in [0.29, 0.717) is 18.0 Å². The molecule has 0 bridgehead atoms. The minimum Gasteiger partial charge on any atom is -0.352 e. The van der Waals surface area contributed by atoms with Gasteiger partial charge in [-0.3, -0.25) is 4.79 Å². The van der Waals surface area contributed by atoms with Crippen molar-refractivity contribution >= 4 is 27.3 Å². The lowest BCUT2D eigenvalue weighted by atomic mass is 10.0. The fraction of sp³-hybridized carbons (Fsp3) is 0.421. The van der Waals surface area contributed by atoms with E-state index in [4.69, 9.17) is 0 Å². The lowest BCUT2D eigenvalue weighted by Gasteiger charge is -2.11. The number of hydrogen-bond donors (Lipinski definition) is 2. The molecule has 1 heterocycles. The fourth-order valence-corrected chi connectivity index (χ4v) is 5.05. The number of carbonyl (C=O) groups excluding carboxylic acids is 1. The van der Waals surface area contributed by atoms with Crippen LogP contribution in [0.2, 0.25) is 0 Å². The molecular weight excluding hydrogens is 368 g/mol. The normalized spacial score (nSPS) is 15.2. The summed E-state index contributed by atoms with van der Waals surface area (Å²) in [6, 6.07) is 9.94. The average Bonchev–Trinajstić information content (AvgIpc) is 3.34. The van der Waals surface area contributed by atoms with E-state index >= 15 is 0 Å². The Morgan fingerprint density at radius 3 is 2.69 bits per heavy atom. The third-order valence-electron chi connectivity index (χ3n) is 4.74. The summed E-state index contributed by atoms with van der Waals surface area (Å²) >= 11 is 1.50. The van der Waals surface area contributed by atoms with Crippen LogP contribution in [0.1, 0.15) is 47.3 Å². The van der Waals surface area contributed by atoms with Crippen molar-refractivity contribution in [1.82, 2.24) is 10.0 Å². The molecule has 1 aliphatic carbocycles. The van der Waals surface area contributed by atoms with Crippen LogP contribution in [0.5, 0.6) is 0 Å². The summed E-state index contributed by atoms with van der Waals surface area (Å²) in [6.45, 7) is 0.884. The third kappa shape index (κ3) is 5.16. The van der Waals surface area contributed by atoms with Gasteiger partial charge in [0, 0.05) is 23.5 Å². The summed E-state index contributed by atoms with van der Waals surface area (Å²) in [5.74, 6) is 0.488. The molecule has 1 fully saturated rings. The van der Waals surface area contributed by atoms with Crippen LogP contribution in [0.25, 0.3) is 0 Å². The Kier molecular flexibility index (Phi) is 6.45. The van der Waals surface area contributed by atoms with E-state index in [2.05, 4.69) is 10.0 Å².